The van der Waals surface area contributed by atoms with E-state index in [9.17, 15) is 4.79 Å². The highest BCUT2D eigenvalue weighted by molar-refractivity contribution is 8.00. The quantitative estimate of drug-likeness (QED) is 0.659. The van der Waals surface area contributed by atoms with Gasteiger partial charge in [-0.25, -0.2) is 9.67 Å². The van der Waals surface area contributed by atoms with E-state index in [1.54, 1.807) is 29.2 Å². The number of rotatable bonds is 5. The summed E-state index contributed by atoms with van der Waals surface area (Å²) in [5.74, 6) is 1.52. The second-order valence-corrected chi connectivity index (χ2v) is 7.13. The van der Waals surface area contributed by atoms with Gasteiger partial charge in [-0.1, -0.05) is 11.6 Å². The molecule has 3 aromatic rings. The average molecular weight is 403 g/mol. The molecular weight excluding hydrogens is 388 g/mol. The summed E-state index contributed by atoms with van der Waals surface area (Å²) in [6, 6.07) is 10.8. The molecule has 1 aliphatic heterocycles. The van der Waals surface area contributed by atoms with E-state index in [2.05, 4.69) is 15.4 Å². The van der Waals surface area contributed by atoms with Crippen LogP contribution in [0.15, 0.2) is 53.9 Å². The number of halogens is 1. The fraction of sp³-hybridized carbons (Fsp3) is 0.167. The van der Waals surface area contributed by atoms with Gasteiger partial charge in [0.15, 0.2) is 11.5 Å². The summed E-state index contributed by atoms with van der Waals surface area (Å²) < 4.78 is 12.6. The highest BCUT2D eigenvalue weighted by atomic mass is 35.5. The van der Waals surface area contributed by atoms with Crippen molar-refractivity contribution in [1.29, 1.82) is 0 Å². The number of nitrogens with one attached hydrogen (secondary N) is 1. The van der Waals surface area contributed by atoms with Crippen molar-refractivity contribution in [3.05, 3.63) is 54.1 Å². The van der Waals surface area contributed by atoms with E-state index in [-0.39, 0.29) is 11.7 Å². The number of anilines is 1. The van der Waals surface area contributed by atoms with E-state index in [4.69, 9.17) is 21.1 Å². The van der Waals surface area contributed by atoms with Crippen molar-refractivity contribution in [3.8, 4) is 17.2 Å². The molecule has 0 unspecified atom stereocenters. The Balaban J connectivity index is 1.43. The molecule has 7 nitrogen and oxygen atoms in total. The Kier molecular flexibility index (Phi) is 5.17. The minimum Gasteiger partial charge on any atom is -0.486 e. The topological polar surface area (TPSA) is 78.3 Å². The predicted octanol–water partition coefficient (Wildman–Crippen LogP) is 3.42. The second kappa shape index (κ2) is 7.89. The summed E-state index contributed by atoms with van der Waals surface area (Å²) in [6.45, 7) is 1.08. The van der Waals surface area contributed by atoms with Crippen molar-refractivity contribution >= 4 is 35.0 Å². The molecule has 0 saturated heterocycles. The number of carbonyl (C=O) groups is 1. The van der Waals surface area contributed by atoms with Crippen LogP contribution < -0.4 is 14.8 Å². The molecule has 27 heavy (non-hydrogen) atoms. The lowest BCUT2D eigenvalue weighted by Gasteiger charge is -2.18. The monoisotopic (exact) mass is 402 g/mol. The van der Waals surface area contributed by atoms with E-state index in [1.165, 1.54) is 18.1 Å². The number of hydrogen-bond donors (Lipinski definition) is 1. The number of ether oxygens (including phenoxy) is 2. The first kappa shape index (κ1) is 17.7. The van der Waals surface area contributed by atoms with E-state index in [0.717, 1.165) is 10.6 Å². The van der Waals surface area contributed by atoms with Gasteiger partial charge in [0.25, 0.3) is 0 Å². The number of thioether (sulfide) groups is 1. The van der Waals surface area contributed by atoms with Crippen LogP contribution in [0.25, 0.3) is 5.69 Å². The summed E-state index contributed by atoms with van der Waals surface area (Å²) >= 11 is 7.49. The van der Waals surface area contributed by atoms with E-state index in [1.807, 2.05) is 18.2 Å². The number of aromatic nitrogens is 3. The smallest absolute Gasteiger partial charge is 0.234 e. The van der Waals surface area contributed by atoms with Gasteiger partial charge >= 0.3 is 0 Å². The third-order valence-electron chi connectivity index (χ3n) is 3.78. The summed E-state index contributed by atoms with van der Waals surface area (Å²) in [4.78, 5) is 17.3. The highest BCUT2D eigenvalue weighted by Crippen LogP contribution is 2.34. The van der Waals surface area contributed by atoms with Crippen molar-refractivity contribution in [2.24, 2.45) is 0 Å². The van der Waals surface area contributed by atoms with Crippen molar-refractivity contribution in [2.75, 3.05) is 24.3 Å². The molecule has 4 rings (SSSR count). The highest BCUT2D eigenvalue weighted by Gasteiger charge is 2.14. The van der Waals surface area contributed by atoms with Gasteiger partial charge in [-0.2, -0.15) is 5.10 Å². The molecule has 1 aliphatic rings. The van der Waals surface area contributed by atoms with Crippen LogP contribution in [0.3, 0.4) is 0 Å². The molecule has 0 aliphatic carbocycles. The van der Waals surface area contributed by atoms with Gasteiger partial charge in [0.05, 0.1) is 17.1 Å². The third kappa shape index (κ3) is 4.17. The molecule has 0 spiro atoms. The maximum absolute atomic E-state index is 12.4. The van der Waals surface area contributed by atoms with Crippen LogP contribution in [0.4, 0.5) is 5.69 Å². The van der Waals surface area contributed by atoms with Gasteiger partial charge in [-0.3, -0.25) is 4.79 Å². The maximum Gasteiger partial charge on any atom is 0.234 e. The molecule has 2 heterocycles. The Morgan fingerprint density at radius 1 is 1.19 bits per heavy atom. The molecule has 0 bridgehead atoms. The second-order valence-electron chi connectivity index (χ2n) is 5.64. The van der Waals surface area contributed by atoms with Gasteiger partial charge in [0.1, 0.15) is 25.9 Å². The Morgan fingerprint density at radius 3 is 2.85 bits per heavy atom. The molecule has 138 valence electrons. The van der Waals surface area contributed by atoms with Crippen molar-refractivity contribution < 1.29 is 14.3 Å². The van der Waals surface area contributed by atoms with Crippen LogP contribution in [0.1, 0.15) is 0 Å². The largest absolute Gasteiger partial charge is 0.486 e. The number of hydrogen-bond acceptors (Lipinski definition) is 6. The molecule has 2 aromatic carbocycles. The SMILES string of the molecule is O=C(CSc1ccc2c(c1)OCCO2)Nc1cc(Cl)ccc1-n1cncn1. The first-order chi connectivity index (χ1) is 13.2. The minimum atomic E-state index is -0.154. The normalized spacial score (nSPS) is 12.6. The van der Waals surface area contributed by atoms with Crippen LogP contribution >= 0.6 is 23.4 Å². The molecule has 0 radical (unpaired) electrons. The Morgan fingerprint density at radius 2 is 2.04 bits per heavy atom. The first-order valence-electron chi connectivity index (χ1n) is 8.16. The van der Waals surface area contributed by atoms with Crippen LogP contribution in [0.2, 0.25) is 5.02 Å². The number of fused-ring (bicyclic) bond motifs is 1. The Hall–Kier alpha value is -2.71. The van der Waals surface area contributed by atoms with E-state index >= 15 is 0 Å². The molecule has 1 N–H and O–H groups in total. The number of benzene rings is 2. The number of nitrogens with zero attached hydrogens (tertiary/aromatic N) is 3. The van der Waals surface area contributed by atoms with Gasteiger partial charge in [0, 0.05) is 9.92 Å². The molecule has 1 amide bonds. The average Bonchev–Trinajstić information content (AvgIpc) is 3.21. The molecule has 9 heteroatoms. The minimum absolute atomic E-state index is 0.154. The zero-order valence-corrected chi connectivity index (χ0v) is 15.7. The van der Waals surface area contributed by atoms with Gasteiger partial charge < -0.3 is 14.8 Å². The van der Waals surface area contributed by atoms with Crippen molar-refractivity contribution in [3.63, 3.8) is 0 Å². The number of carbonyl (C=O) groups excluding carboxylic acids is 1. The molecule has 0 saturated carbocycles. The lowest BCUT2D eigenvalue weighted by Crippen LogP contribution is -2.16. The number of amides is 1. The van der Waals surface area contributed by atoms with Gasteiger partial charge in [-0.05, 0) is 36.4 Å². The lowest BCUT2D eigenvalue weighted by molar-refractivity contribution is -0.113. The van der Waals surface area contributed by atoms with Crippen LogP contribution in [0.5, 0.6) is 11.5 Å². The lowest BCUT2D eigenvalue weighted by atomic mass is 10.2. The van der Waals surface area contributed by atoms with Gasteiger partial charge in [0.2, 0.25) is 5.91 Å². The summed E-state index contributed by atoms with van der Waals surface area (Å²) in [6.07, 6.45) is 2.99. The molecule has 0 fully saturated rings. The molecule has 0 atom stereocenters. The summed E-state index contributed by atoms with van der Waals surface area (Å²) in [5.41, 5.74) is 1.26. The van der Waals surface area contributed by atoms with Crippen LogP contribution in [-0.4, -0.2) is 39.6 Å². The first-order valence-corrected chi connectivity index (χ1v) is 9.52. The standard InChI is InChI=1S/C18H15ClN4O3S/c19-12-1-3-15(23-11-20-10-21-23)14(7-12)22-18(24)9-27-13-2-4-16-17(8-13)26-6-5-25-16/h1-4,7-8,10-11H,5-6,9H2,(H,22,24). The zero-order valence-electron chi connectivity index (χ0n) is 14.1. The predicted molar refractivity (Wildman–Crippen MR) is 103 cm³/mol. The molecular formula is C18H15ClN4O3S. The van der Waals surface area contributed by atoms with E-state index < -0.39 is 0 Å². The van der Waals surface area contributed by atoms with Gasteiger partial charge in [-0.15, -0.1) is 11.8 Å². The summed E-state index contributed by atoms with van der Waals surface area (Å²) in [5, 5.41) is 7.50. The van der Waals surface area contributed by atoms with Crippen molar-refractivity contribution in [1.82, 2.24) is 14.8 Å². The van der Waals surface area contributed by atoms with Crippen LogP contribution in [0, 0.1) is 0 Å². The molecule has 1 aromatic heterocycles. The summed E-state index contributed by atoms with van der Waals surface area (Å²) in [7, 11) is 0. The Bertz CT molecular complexity index is 965. The maximum atomic E-state index is 12.4. The fourth-order valence-electron chi connectivity index (χ4n) is 2.59. The van der Waals surface area contributed by atoms with Crippen molar-refractivity contribution in [2.45, 2.75) is 4.90 Å². The third-order valence-corrected chi connectivity index (χ3v) is 5.01. The van der Waals surface area contributed by atoms with E-state index in [0.29, 0.717) is 35.4 Å². The Labute approximate surface area is 164 Å². The fourth-order valence-corrected chi connectivity index (χ4v) is 3.49. The zero-order chi connectivity index (χ0) is 18.6. The van der Waals surface area contributed by atoms with Crippen LogP contribution in [-0.2, 0) is 4.79 Å².